The number of carbonyl (C=O) groups is 1. The molecule has 2 aromatic carbocycles. The van der Waals surface area contributed by atoms with Gasteiger partial charge in [0.05, 0.1) is 12.7 Å². The summed E-state index contributed by atoms with van der Waals surface area (Å²) in [6.45, 7) is 5.40. The largest absolute Gasteiger partial charge is 0.497 e. The molecule has 1 aliphatic rings. The Morgan fingerprint density at radius 1 is 1.03 bits per heavy atom. The third-order valence-electron chi connectivity index (χ3n) is 5.66. The normalized spacial score (nSPS) is 13.4. The molecule has 0 unspecified atom stereocenters. The van der Waals surface area contributed by atoms with E-state index in [-0.39, 0.29) is 5.91 Å². The molecule has 0 radical (unpaired) electrons. The maximum atomic E-state index is 12.4. The second kappa shape index (κ2) is 9.40. The number of hydrogen-bond donors (Lipinski definition) is 1. The van der Waals surface area contributed by atoms with Crippen molar-refractivity contribution in [2.45, 2.75) is 6.92 Å². The molecule has 2 heterocycles. The number of aromatic nitrogens is 1. The highest BCUT2D eigenvalue weighted by Gasteiger charge is 2.19. The minimum Gasteiger partial charge on any atom is -0.497 e. The van der Waals surface area contributed by atoms with Gasteiger partial charge in [-0.05, 0) is 67.1 Å². The summed E-state index contributed by atoms with van der Waals surface area (Å²) in [4.78, 5) is 21.5. The minimum absolute atomic E-state index is 0.153. The Labute approximate surface area is 187 Å². The van der Waals surface area contributed by atoms with Crippen LogP contribution in [0.1, 0.15) is 21.5 Å². The third-order valence-corrected chi connectivity index (χ3v) is 5.66. The highest BCUT2D eigenvalue weighted by molar-refractivity contribution is 6.04. The van der Waals surface area contributed by atoms with Crippen LogP contribution in [0.25, 0.3) is 0 Å². The van der Waals surface area contributed by atoms with Crippen molar-refractivity contribution in [3.63, 3.8) is 0 Å². The number of nitriles is 1. The summed E-state index contributed by atoms with van der Waals surface area (Å²) in [5.74, 6) is 1.48. The van der Waals surface area contributed by atoms with Gasteiger partial charge in [-0.15, -0.1) is 0 Å². The average Bonchev–Trinajstić information content (AvgIpc) is 2.84. The number of hydrogen-bond acceptors (Lipinski definition) is 6. The van der Waals surface area contributed by atoms with Crippen LogP contribution in [0.3, 0.4) is 0 Å². The molecule has 1 saturated heterocycles. The van der Waals surface area contributed by atoms with Crippen molar-refractivity contribution in [2.24, 2.45) is 0 Å². The number of anilines is 3. The second-order valence-corrected chi connectivity index (χ2v) is 7.67. The van der Waals surface area contributed by atoms with E-state index in [1.165, 1.54) is 0 Å². The maximum absolute atomic E-state index is 12.4. The first-order valence-corrected chi connectivity index (χ1v) is 10.5. The highest BCUT2D eigenvalue weighted by Crippen LogP contribution is 2.23. The van der Waals surface area contributed by atoms with Gasteiger partial charge in [-0.25, -0.2) is 4.98 Å². The first kappa shape index (κ1) is 21.2. The molecule has 1 fully saturated rings. The number of methoxy groups -OCH3 is 1. The van der Waals surface area contributed by atoms with E-state index in [2.05, 4.69) is 26.2 Å². The van der Waals surface area contributed by atoms with E-state index in [4.69, 9.17) is 10.00 Å². The van der Waals surface area contributed by atoms with Crippen molar-refractivity contribution < 1.29 is 9.53 Å². The Morgan fingerprint density at radius 2 is 1.69 bits per heavy atom. The fourth-order valence-electron chi connectivity index (χ4n) is 3.73. The molecule has 4 rings (SSSR count). The Balaban J connectivity index is 1.34. The fourth-order valence-corrected chi connectivity index (χ4v) is 3.73. The number of pyridine rings is 1. The Morgan fingerprint density at radius 3 is 2.28 bits per heavy atom. The predicted molar refractivity (Wildman–Crippen MR) is 126 cm³/mol. The molecule has 0 spiro atoms. The number of nitrogens with zero attached hydrogens (tertiary/aromatic N) is 4. The van der Waals surface area contributed by atoms with Crippen molar-refractivity contribution in [3.8, 4) is 11.8 Å². The predicted octanol–water partition coefficient (Wildman–Crippen LogP) is 3.85. The molecule has 1 amide bonds. The van der Waals surface area contributed by atoms with Crippen molar-refractivity contribution in [1.82, 2.24) is 4.98 Å². The Kier molecular flexibility index (Phi) is 6.22. The number of ether oxygens (including phenoxy) is 1. The summed E-state index contributed by atoms with van der Waals surface area (Å²) in [5, 5.41) is 12.0. The summed E-state index contributed by atoms with van der Waals surface area (Å²) in [6, 6.07) is 19.1. The molecule has 0 saturated carbocycles. The number of nitrogens with one attached hydrogen (secondary N) is 1. The Hall–Kier alpha value is -4.05. The van der Waals surface area contributed by atoms with Gasteiger partial charge >= 0.3 is 0 Å². The molecule has 32 heavy (non-hydrogen) atoms. The van der Waals surface area contributed by atoms with Crippen LogP contribution >= 0.6 is 0 Å². The van der Waals surface area contributed by atoms with Crippen LogP contribution in [0, 0.1) is 18.3 Å². The topological polar surface area (TPSA) is 81.5 Å². The molecule has 1 aliphatic heterocycles. The molecule has 1 aromatic heterocycles. The third kappa shape index (κ3) is 4.65. The summed E-state index contributed by atoms with van der Waals surface area (Å²) in [5.41, 5.74) is 4.03. The Bertz CT molecular complexity index is 1130. The van der Waals surface area contributed by atoms with Crippen LogP contribution in [0.2, 0.25) is 0 Å². The van der Waals surface area contributed by atoms with E-state index >= 15 is 0 Å². The van der Waals surface area contributed by atoms with E-state index in [9.17, 15) is 4.79 Å². The second-order valence-electron chi connectivity index (χ2n) is 7.67. The molecule has 162 valence electrons. The molecule has 0 bridgehead atoms. The lowest BCUT2D eigenvalue weighted by Gasteiger charge is -2.37. The maximum Gasteiger partial charge on any atom is 0.255 e. The highest BCUT2D eigenvalue weighted by atomic mass is 16.5. The number of aryl methyl sites for hydroxylation is 1. The van der Waals surface area contributed by atoms with Gasteiger partial charge in [-0.3, -0.25) is 4.79 Å². The van der Waals surface area contributed by atoms with Gasteiger partial charge < -0.3 is 19.9 Å². The fraction of sp³-hybridized carbons (Fsp3) is 0.240. The molecular weight excluding hydrogens is 402 g/mol. The monoisotopic (exact) mass is 427 g/mol. The van der Waals surface area contributed by atoms with Crippen molar-refractivity contribution >= 4 is 23.1 Å². The lowest BCUT2D eigenvalue weighted by molar-refractivity contribution is 0.102. The molecule has 0 aliphatic carbocycles. The van der Waals surface area contributed by atoms with Gasteiger partial charge in [0.25, 0.3) is 5.91 Å². The van der Waals surface area contributed by atoms with E-state index in [1.807, 2.05) is 37.3 Å². The van der Waals surface area contributed by atoms with Crippen LogP contribution in [-0.4, -0.2) is 44.2 Å². The first-order chi connectivity index (χ1) is 15.6. The quantitative estimate of drug-likeness (QED) is 0.666. The number of benzene rings is 2. The number of piperazine rings is 1. The van der Waals surface area contributed by atoms with Gasteiger partial charge in [0.15, 0.2) is 0 Å². The average molecular weight is 428 g/mol. The molecule has 1 N–H and O–H groups in total. The summed E-state index contributed by atoms with van der Waals surface area (Å²) < 4.78 is 5.13. The van der Waals surface area contributed by atoms with E-state index in [0.29, 0.717) is 11.1 Å². The van der Waals surface area contributed by atoms with Gasteiger partial charge in [-0.2, -0.15) is 5.26 Å². The molecular formula is C25H25N5O2. The van der Waals surface area contributed by atoms with Crippen molar-refractivity contribution in [1.29, 1.82) is 5.26 Å². The molecule has 7 nitrogen and oxygen atoms in total. The van der Waals surface area contributed by atoms with Crippen LogP contribution in [0.5, 0.6) is 5.75 Å². The number of amides is 1. The molecule has 0 atom stereocenters. The van der Waals surface area contributed by atoms with Crippen LogP contribution < -0.4 is 19.9 Å². The lowest BCUT2D eigenvalue weighted by Crippen LogP contribution is -2.46. The zero-order chi connectivity index (χ0) is 22.5. The standard InChI is InChI=1S/C25H25N5O2/c1-18-15-24(27-17-20(18)16-26)30-13-11-29(12-14-30)22-7-5-21(6-8-22)28-25(31)19-3-9-23(32-2)10-4-19/h3-10,15,17H,11-14H2,1-2H3,(H,28,31). The van der Waals surface area contributed by atoms with E-state index in [1.54, 1.807) is 37.6 Å². The van der Waals surface area contributed by atoms with Gasteiger partial charge in [0, 0.05) is 49.3 Å². The molecule has 7 heteroatoms. The smallest absolute Gasteiger partial charge is 0.255 e. The summed E-state index contributed by atoms with van der Waals surface area (Å²) in [7, 11) is 1.60. The zero-order valence-corrected chi connectivity index (χ0v) is 18.2. The van der Waals surface area contributed by atoms with E-state index in [0.717, 1.165) is 54.7 Å². The van der Waals surface area contributed by atoms with E-state index < -0.39 is 0 Å². The van der Waals surface area contributed by atoms with Crippen molar-refractivity contribution in [2.75, 3.05) is 48.4 Å². The summed E-state index contributed by atoms with van der Waals surface area (Å²) in [6.07, 6.45) is 1.65. The minimum atomic E-state index is -0.153. The SMILES string of the molecule is COc1ccc(C(=O)Nc2ccc(N3CCN(c4cc(C)c(C#N)cn4)CC3)cc2)cc1. The first-order valence-electron chi connectivity index (χ1n) is 10.5. The number of rotatable bonds is 5. The van der Waals surface area contributed by atoms with Crippen LogP contribution in [-0.2, 0) is 0 Å². The van der Waals surface area contributed by atoms with Crippen LogP contribution in [0.15, 0.2) is 60.8 Å². The van der Waals surface area contributed by atoms with Gasteiger partial charge in [0.1, 0.15) is 17.6 Å². The summed E-state index contributed by atoms with van der Waals surface area (Å²) >= 11 is 0. The molecule has 3 aromatic rings. The lowest BCUT2D eigenvalue weighted by atomic mass is 10.1. The van der Waals surface area contributed by atoms with Gasteiger partial charge in [0.2, 0.25) is 0 Å². The van der Waals surface area contributed by atoms with Gasteiger partial charge in [-0.1, -0.05) is 0 Å². The zero-order valence-electron chi connectivity index (χ0n) is 18.2. The number of carbonyl (C=O) groups excluding carboxylic acids is 1. The van der Waals surface area contributed by atoms with Crippen molar-refractivity contribution in [3.05, 3.63) is 77.5 Å². The van der Waals surface area contributed by atoms with Crippen LogP contribution in [0.4, 0.5) is 17.2 Å².